The topological polar surface area (TPSA) is 139 Å². The van der Waals surface area contributed by atoms with Crippen LogP contribution in [0.5, 0.6) is 0 Å². The summed E-state index contributed by atoms with van der Waals surface area (Å²) in [6.07, 6.45) is 3.28. The molecule has 0 unspecified atom stereocenters. The van der Waals surface area contributed by atoms with E-state index in [-0.39, 0.29) is 22.9 Å². The fourth-order valence-electron chi connectivity index (χ4n) is 4.31. The van der Waals surface area contributed by atoms with Gasteiger partial charge in [-0.15, -0.1) is 0 Å². The number of ether oxygens (including phenoxy) is 1. The minimum absolute atomic E-state index is 0.0560. The summed E-state index contributed by atoms with van der Waals surface area (Å²) < 4.78 is 29.3. The summed E-state index contributed by atoms with van der Waals surface area (Å²) in [6, 6.07) is 8.02. The number of fused-ring (bicyclic) bond motifs is 1. The Kier molecular flexibility index (Phi) is 6.63. The fraction of sp³-hybridized carbons (Fsp3) is 0.458. The fourth-order valence-corrected chi connectivity index (χ4v) is 4.98. The van der Waals surface area contributed by atoms with Gasteiger partial charge in [-0.3, -0.25) is 4.79 Å². The first-order valence-corrected chi connectivity index (χ1v) is 13.4. The largest absolute Gasteiger partial charge is 0.444 e. The maximum absolute atomic E-state index is 12.5. The van der Waals surface area contributed by atoms with Gasteiger partial charge in [0.15, 0.2) is 9.84 Å². The first-order chi connectivity index (χ1) is 16.4. The lowest BCUT2D eigenvalue weighted by molar-refractivity contribution is 0.0502. The summed E-state index contributed by atoms with van der Waals surface area (Å²) in [5, 5.41) is 12.3. The minimum atomic E-state index is -3.39. The molecule has 2 aliphatic rings. The van der Waals surface area contributed by atoms with Crippen LogP contribution in [0.2, 0.25) is 0 Å². The van der Waals surface area contributed by atoms with E-state index in [0.29, 0.717) is 29.4 Å². The van der Waals surface area contributed by atoms with Crippen LogP contribution in [-0.2, 0) is 21.1 Å². The Morgan fingerprint density at radius 1 is 1.17 bits per heavy atom. The van der Waals surface area contributed by atoms with Gasteiger partial charge < -0.3 is 26.0 Å². The van der Waals surface area contributed by atoms with Crippen LogP contribution >= 0.6 is 0 Å². The maximum atomic E-state index is 12.5. The number of carbonyl (C=O) groups excluding carboxylic acids is 2. The number of pyridine rings is 1. The highest BCUT2D eigenvalue weighted by Crippen LogP contribution is 2.31. The second-order valence-corrected chi connectivity index (χ2v) is 11.9. The number of aromatic nitrogens is 1. The molecule has 2 aromatic rings. The number of hydrogen-bond donors (Lipinski definition) is 4. The standard InChI is InChI=1S/C24H31N5O5S/c1-24(2,3)34-23(31)28-18-10-6-9-17(18)27-19-11-14-13-25-22(30)20(14)21(29-19)26-15-7-5-8-16(12-15)35(4,32)33/h5,7-8,11-12,17-18H,6,9-10,13H2,1-4H3,(H,25,30)(H,28,31)(H2,26,27,29)/t17-,18+/m1/s1. The third-order valence-corrected chi connectivity index (χ3v) is 6.95. The summed E-state index contributed by atoms with van der Waals surface area (Å²) in [4.78, 5) is 29.6. The van der Waals surface area contributed by atoms with E-state index in [1.165, 1.54) is 12.1 Å². The van der Waals surface area contributed by atoms with E-state index in [4.69, 9.17) is 4.74 Å². The van der Waals surface area contributed by atoms with Gasteiger partial charge in [-0.05, 0) is 69.9 Å². The van der Waals surface area contributed by atoms with Crippen molar-refractivity contribution in [2.24, 2.45) is 0 Å². The number of sulfone groups is 1. The van der Waals surface area contributed by atoms with Crippen molar-refractivity contribution in [3.05, 3.63) is 41.5 Å². The molecule has 10 nitrogen and oxygen atoms in total. The number of anilines is 3. The first kappa shape index (κ1) is 24.8. The van der Waals surface area contributed by atoms with E-state index in [2.05, 4.69) is 26.3 Å². The Bertz CT molecular complexity index is 1260. The molecule has 0 bridgehead atoms. The van der Waals surface area contributed by atoms with Gasteiger partial charge in [-0.2, -0.15) is 0 Å². The predicted molar refractivity (Wildman–Crippen MR) is 133 cm³/mol. The highest BCUT2D eigenvalue weighted by Gasteiger charge is 2.32. The molecule has 1 fully saturated rings. The van der Waals surface area contributed by atoms with Gasteiger partial charge in [0.25, 0.3) is 5.91 Å². The first-order valence-electron chi connectivity index (χ1n) is 11.5. The summed E-state index contributed by atoms with van der Waals surface area (Å²) in [5.74, 6) is 0.649. The zero-order chi connectivity index (χ0) is 25.4. The molecular formula is C24H31N5O5S. The van der Waals surface area contributed by atoms with E-state index in [1.54, 1.807) is 12.1 Å². The van der Waals surface area contributed by atoms with Crippen LogP contribution in [0.25, 0.3) is 0 Å². The number of nitrogens with zero attached hydrogens (tertiary/aromatic N) is 1. The minimum Gasteiger partial charge on any atom is -0.444 e. The van der Waals surface area contributed by atoms with Crippen molar-refractivity contribution in [1.82, 2.24) is 15.6 Å². The second kappa shape index (κ2) is 9.37. The summed E-state index contributed by atoms with van der Waals surface area (Å²) in [6.45, 7) is 5.83. The van der Waals surface area contributed by atoms with E-state index < -0.39 is 21.5 Å². The van der Waals surface area contributed by atoms with E-state index in [9.17, 15) is 18.0 Å². The van der Waals surface area contributed by atoms with Crippen molar-refractivity contribution < 1.29 is 22.7 Å². The Hall–Kier alpha value is -3.34. The van der Waals surface area contributed by atoms with Gasteiger partial charge in [0.1, 0.15) is 17.2 Å². The van der Waals surface area contributed by atoms with Crippen molar-refractivity contribution in [3.8, 4) is 0 Å². The number of nitrogens with one attached hydrogen (secondary N) is 4. The molecule has 4 rings (SSSR count). The second-order valence-electron chi connectivity index (χ2n) is 9.93. The molecule has 1 aliphatic heterocycles. The molecule has 0 spiro atoms. The van der Waals surface area contributed by atoms with Gasteiger partial charge >= 0.3 is 6.09 Å². The van der Waals surface area contributed by atoms with Gasteiger partial charge in [0.05, 0.1) is 16.5 Å². The molecule has 2 heterocycles. The number of rotatable bonds is 6. The van der Waals surface area contributed by atoms with Crippen LogP contribution in [0.3, 0.4) is 0 Å². The van der Waals surface area contributed by atoms with Crippen LogP contribution < -0.4 is 21.3 Å². The van der Waals surface area contributed by atoms with E-state index in [0.717, 1.165) is 31.1 Å². The molecule has 2 atom stereocenters. The Morgan fingerprint density at radius 2 is 1.91 bits per heavy atom. The summed E-state index contributed by atoms with van der Waals surface area (Å²) >= 11 is 0. The van der Waals surface area contributed by atoms with Crippen molar-refractivity contribution in [2.45, 2.75) is 69.2 Å². The Labute approximate surface area is 205 Å². The molecule has 1 saturated carbocycles. The molecule has 188 valence electrons. The number of carbonyl (C=O) groups is 2. The molecule has 11 heteroatoms. The van der Waals surface area contributed by atoms with Crippen molar-refractivity contribution in [3.63, 3.8) is 0 Å². The molecule has 0 saturated heterocycles. The lowest BCUT2D eigenvalue weighted by Crippen LogP contribution is -2.45. The Morgan fingerprint density at radius 3 is 2.63 bits per heavy atom. The molecule has 1 aromatic heterocycles. The normalized spacial score (nSPS) is 19.6. The summed E-state index contributed by atoms with van der Waals surface area (Å²) in [5.41, 5.74) is 1.13. The summed E-state index contributed by atoms with van der Waals surface area (Å²) in [7, 11) is -3.39. The zero-order valence-corrected chi connectivity index (χ0v) is 21.1. The van der Waals surface area contributed by atoms with Crippen LogP contribution in [0.4, 0.5) is 22.1 Å². The molecule has 35 heavy (non-hydrogen) atoms. The van der Waals surface area contributed by atoms with Gasteiger partial charge in [-0.1, -0.05) is 6.07 Å². The van der Waals surface area contributed by atoms with Crippen molar-refractivity contribution in [2.75, 3.05) is 16.9 Å². The lowest BCUT2D eigenvalue weighted by Gasteiger charge is -2.26. The molecule has 1 aliphatic carbocycles. The van der Waals surface area contributed by atoms with E-state index in [1.807, 2.05) is 26.8 Å². The highest BCUT2D eigenvalue weighted by molar-refractivity contribution is 7.90. The molecule has 0 radical (unpaired) electrons. The third kappa shape index (κ3) is 6.02. The molecule has 4 N–H and O–H groups in total. The molecule has 1 aromatic carbocycles. The van der Waals surface area contributed by atoms with Crippen LogP contribution in [0, 0.1) is 0 Å². The van der Waals surface area contributed by atoms with Crippen molar-refractivity contribution in [1.29, 1.82) is 0 Å². The lowest BCUT2D eigenvalue weighted by atomic mass is 10.1. The predicted octanol–water partition coefficient (Wildman–Crippen LogP) is 3.33. The average Bonchev–Trinajstić information content (AvgIpc) is 3.32. The van der Waals surface area contributed by atoms with E-state index >= 15 is 0 Å². The number of amides is 2. The third-order valence-electron chi connectivity index (χ3n) is 5.84. The number of hydrogen-bond acceptors (Lipinski definition) is 8. The van der Waals surface area contributed by atoms with Gasteiger partial charge in [0, 0.05) is 24.5 Å². The van der Waals surface area contributed by atoms with Crippen LogP contribution in [0.1, 0.15) is 56.0 Å². The van der Waals surface area contributed by atoms with Crippen LogP contribution in [0.15, 0.2) is 35.2 Å². The quantitative estimate of drug-likeness (QED) is 0.473. The van der Waals surface area contributed by atoms with Gasteiger partial charge in [-0.25, -0.2) is 18.2 Å². The monoisotopic (exact) mass is 501 g/mol. The smallest absolute Gasteiger partial charge is 0.407 e. The Balaban J connectivity index is 1.57. The average molecular weight is 502 g/mol. The maximum Gasteiger partial charge on any atom is 0.407 e. The van der Waals surface area contributed by atoms with Gasteiger partial charge in [0.2, 0.25) is 0 Å². The molecular weight excluding hydrogens is 470 g/mol. The SMILES string of the molecule is CC(C)(C)OC(=O)N[C@H]1CCC[C@H]1Nc1cc2c(c(Nc3cccc(S(C)(=O)=O)c3)n1)C(=O)NC2. The van der Waals surface area contributed by atoms with Crippen molar-refractivity contribution >= 4 is 39.2 Å². The number of alkyl carbamates (subject to hydrolysis) is 1. The zero-order valence-electron chi connectivity index (χ0n) is 20.3. The number of benzene rings is 1. The molecule has 2 amide bonds. The highest BCUT2D eigenvalue weighted by atomic mass is 32.2. The van der Waals surface area contributed by atoms with Crippen LogP contribution in [-0.4, -0.2) is 49.3 Å².